The van der Waals surface area contributed by atoms with Crippen molar-refractivity contribution in [2.24, 2.45) is 4.99 Å². The average Bonchev–Trinajstić information content (AvgIpc) is 2.37. The van der Waals surface area contributed by atoms with E-state index < -0.39 is 0 Å². The first-order chi connectivity index (χ1) is 8.10. The van der Waals surface area contributed by atoms with Gasteiger partial charge in [-0.3, -0.25) is 4.99 Å². The first-order valence-electron chi connectivity index (χ1n) is 6.00. The molecule has 0 aromatic carbocycles. The lowest BCUT2D eigenvalue weighted by molar-refractivity contribution is -0.464. The topological polar surface area (TPSA) is 29.5 Å². The lowest BCUT2D eigenvalue weighted by Crippen LogP contribution is -2.09. The van der Waals surface area contributed by atoms with Crippen molar-refractivity contribution in [3.8, 4) is 0 Å². The van der Waals surface area contributed by atoms with Crippen molar-refractivity contribution in [2.75, 3.05) is 13.1 Å². The highest BCUT2D eigenvalue weighted by atomic mass is 15.0. The fraction of sp³-hybridized carbons (Fsp3) is 0.429. The summed E-state index contributed by atoms with van der Waals surface area (Å²) in [5.41, 5.74) is 3.96. The van der Waals surface area contributed by atoms with E-state index in [1.807, 2.05) is 43.6 Å². The van der Waals surface area contributed by atoms with Crippen LogP contribution >= 0.6 is 0 Å². The molecule has 17 heavy (non-hydrogen) atoms. The summed E-state index contributed by atoms with van der Waals surface area (Å²) in [6.07, 6.45) is 6.01. The molecule has 0 saturated heterocycles. The molecule has 0 amide bonds. The second-order valence-electron chi connectivity index (χ2n) is 3.91. The zero-order valence-electron chi connectivity index (χ0n) is 11.2. The van der Waals surface area contributed by atoms with E-state index in [1.54, 1.807) is 0 Å². The molecule has 1 aliphatic rings. The Hall–Kier alpha value is -1.64. The number of aliphatic imine (C=N–C) groups is 1. The minimum atomic E-state index is 0.789. The lowest BCUT2D eigenvalue weighted by Gasteiger charge is -2.29. The second kappa shape index (κ2) is 6.18. The highest BCUT2D eigenvalue weighted by Crippen LogP contribution is 2.25. The lowest BCUT2D eigenvalue weighted by atomic mass is 10.1. The van der Waals surface area contributed by atoms with Gasteiger partial charge in [0.05, 0.1) is 0 Å². The van der Waals surface area contributed by atoms with Gasteiger partial charge >= 0.3 is 0 Å². The summed E-state index contributed by atoms with van der Waals surface area (Å²) in [4.78, 5) is 4.38. The third-order valence-corrected chi connectivity index (χ3v) is 2.74. The molecule has 92 valence electrons. The van der Waals surface area contributed by atoms with Crippen molar-refractivity contribution in [3.05, 3.63) is 40.6 Å². The molecule has 0 radical (unpaired) electrons. The van der Waals surface area contributed by atoms with Crippen LogP contribution in [0.25, 0.3) is 5.32 Å². The van der Waals surface area contributed by atoms with E-state index in [2.05, 4.69) is 24.0 Å². The van der Waals surface area contributed by atoms with Crippen molar-refractivity contribution >= 4 is 12.4 Å². The van der Waals surface area contributed by atoms with Gasteiger partial charge in [-0.15, -0.1) is 5.70 Å². The second-order valence-corrected chi connectivity index (χ2v) is 3.91. The summed E-state index contributed by atoms with van der Waals surface area (Å²) in [7, 11) is 0. The van der Waals surface area contributed by atoms with Crippen LogP contribution in [0, 0.1) is 0 Å². The monoisotopic (exact) mass is 231 g/mol. The molecule has 3 heteroatoms. The van der Waals surface area contributed by atoms with Crippen LogP contribution in [0.5, 0.6) is 0 Å². The summed E-state index contributed by atoms with van der Waals surface area (Å²) in [5.74, 6) is 0. The number of allylic oxidation sites excluding steroid dienone is 5. The van der Waals surface area contributed by atoms with Gasteiger partial charge in [-0.25, -0.2) is 4.58 Å². The van der Waals surface area contributed by atoms with Crippen molar-refractivity contribution < 1.29 is 4.58 Å². The Labute approximate surface area is 104 Å². The average molecular weight is 231 g/mol. The molecule has 0 fully saturated rings. The van der Waals surface area contributed by atoms with Gasteiger partial charge in [-0.2, -0.15) is 0 Å². The molecule has 0 atom stereocenters. The van der Waals surface area contributed by atoms with Gasteiger partial charge in [-0.1, -0.05) is 23.9 Å². The van der Waals surface area contributed by atoms with Crippen LogP contribution in [0.3, 0.4) is 0 Å². The van der Waals surface area contributed by atoms with Crippen LogP contribution in [0.1, 0.15) is 27.7 Å². The van der Waals surface area contributed by atoms with Crippen molar-refractivity contribution in [3.63, 3.8) is 0 Å². The Balaban J connectivity index is 2.94. The first-order valence-corrected chi connectivity index (χ1v) is 6.00. The maximum atomic E-state index is 4.61. The SMILES string of the molecule is C=[N+](CC)C(C)=C1C=CC=C(C(C)=NCC)[N-]1. The van der Waals surface area contributed by atoms with Crippen LogP contribution in [0.2, 0.25) is 0 Å². The van der Waals surface area contributed by atoms with Crippen molar-refractivity contribution in [2.45, 2.75) is 27.7 Å². The summed E-state index contributed by atoms with van der Waals surface area (Å²) in [6.45, 7) is 13.8. The van der Waals surface area contributed by atoms with E-state index in [-0.39, 0.29) is 0 Å². The van der Waals surface area contributed by atoms with E-state index in [4.69, 9.17) is 0 Å². The molecule has 0 spiro atoms. The summed E-state index contributed by atoms with van der Waals surface area (Å²) in [5, 5.41) is 4.61. The molecule has 0 aromatic heterocycles. The number of nitrogens with zero attached hydrogens (tertiary/aromatic N) is 3. The van der Waals surface area contributed by atoms with Gasteiger partial charge in [0.1, 0.15) is 13.3 Å². The molecule has 0 bridgehead atoms. The van der Waals surface area contributed by atoms with E-state index in [0.717, 1.165) is 35.9 Å². The Bertz CT molecular complexity index is 423. The summed E-state index contributed by atoms with van der Waals surface area (Å²) in [6, 6.07) is 0. The highest BCUT2D eigenvalue weighted by molar-refractivity contribution is 6.02. The van der Waals surface area contributed by atoms with Crippen LogP contribution in [-0.2, 0) is 0 Å². The Morgan fingerprint density at radius 3 is 2.71 bits per heavy atom. The standard InChI is InChI=1S/C14H21N3/c1-6-15-11(3)13-9-8-10-14(16-13)12(4)17(5)7-2/h8-10H,5-7H2,1-4H3. The predicted molar refractivity (Wildman–Crippen MR) is 74.9 cm³/mol. The van der Waals surface area contributed by atoms with E-state index >= 15 is 0 Å². The van der Waals surface area contributed by atoms with Crippen LogP contribution < -0.4 is 0 Å². The quantitative estimate of drug-likeness (QED) is 0.525. The Kier molecular flexibility index (Phi) is 4.88. The summed E-state index contributed by atoms with van der Waals surface area (Å²) >= 11 is 0. The smallest absolute Gasteiger partial charge is 0.162 e. The van der Waals surface area contributed by atoms with Crippen molar-refractivity contribution in [1.29, 1.82) is 0 Å². The third kappa shape index (κ3) is 3.41. The van der Waals surface area contributed by atoms with Crippen molar-refractivity contribution in [1.82, 2.24) is 0 Å². The Morgan fingerprint density at radius 2 is 2.12 bits per heavy atom. The minimum Gasteiger partial charge on any atom is -0.651 e. The predicted octanol–water partition coefficient (Wildman–Crippen LogP) is 3.26. The normalized spacial score (nSPS) is 18.6. The molecule has 3 nitrogen and oxygen atoms in total. The fourth-order valence-electron chi connectivity index (χ4n) is 1.56. The van der Waals surface area contributed by atoms with Gasteiger partial charge in [0.25, 0.3) is 0 Å². The molecule has 0 unspecified atom stereocenters. The maximum absolute atomic E-state index is 4.61. The van der Waals surface area contributed by atoms with Gasteiger partial charge < -0.3 is 5.32 Å². The minimum absolute atomic E-state index is 0.789. The largest absolute Gasteiger partial charge is 0.651 e. The molecule has 0 aromatic rings. The number of hydrogen-bond acceptors (Lipinski definition) is 1. The molecule has 0 saturated carbocycles. The molecule has 1 aliphatic heterocycles. The third-order valence-electron chi connectivity index (χ3n) is 2.74. The van der Waals surface area contributed by atoms with Crippen LogP contribution in [0.15, 0.2) is 40.3 Å². The fourth-order valence-corrected chi connectivity index (χ4v) is 1.56. The van der Waals surface area contributed by atoms with Crippen LogP contribution in [0.4, 0.5) is 0 Å². The zero-order chi connectivity index (χ0) is 12.8. The molecule has 1 heterocycles. The highest BCUT2D eigenvalue weighted by Gasteiger charge is 2.04. The molecule has 0 N–H and O–H groups in total. The van der Waals surface area contributed by atoms with Gasteiger partial charge in [0.2, 0.25) is 0 Å². The molecule has 1 rings (SSSR count). The Morgan fingerprint density at radius 1 is 1.41 bits per heavy atom. The van der Waals surface area contributed by atoms with E-state index in [0.29, 0.717) is 0 Å². The number of hydrogen-bond donors (Lipinski definition) is 0. The van der Waals surface area contributed by atoms with Gasteiger partial charge in [0, 0.05) is 19.2 Å². The molecule has 0 aliphatic carbocycles. The zero-order valence-corrected chi connectivity index (χ0v) is 11.2. The maximum Gasteiger partial charge on any atom is 0.162 e. The van der Waals surface area contributed by atoms with E-state index in [9.17, 15) is 0 Å². The molecular weight excluding hydrogens is 210 g/mol. The summed E-state index contributed by atoms with van der Waals surface area (Å²) < 4.78 is 1.94. The van der Waals surface area contributed by atoms with Gasteiger partial charge in [-0.05, 0) is 20.8 Å². The van der Waals surface area contributed by atoms with Gasteiger partial charge in [0.15, 0.2) is 5.70 Å². The first kappa shape index (κ1) is 13.4. The molecular formula is C14H21N3. The van der Waals surface area contributed by atoms with E-state index in [1.165, 1.54) is 0 Å². The number of rotatable bonds is 4. The van der Waals surface area contributed by atoms with Crippen LogP contribution in [-0.4, -0.2) is 30.1 Å².